The first kappa shape index (κ1) is 24.9. The van der Waals surface area contributed by atoms with E-state index in [1.54, 1.807) is 11.0 Å². The van der Waals surface area contributed by atoms with Gasteiger partial charge in [0, 0.05) is 10.9 Å². The van der Waals surface area contributed by atoms with E-state index in [-0.39, 0.29) is 16.7 Å². The summed E-state index contributed by atoms with van der Waals surface area (Å²) in [7, 11) is 0. The molecular formula is C34H31NO4. The third kappa shape index (κ3) is 4.28. The number of hydrogen-bond donors (Lipinski definition) is 1. The molecule has 0 aromatic heterocycles. The maximum Gasteiger partial charge on any atom is 0.300 e. The van der Waals surface area contributed by atoms with Gasteiger partial charge in [-0.25, -0.2) is 0 Å². The van der Waals surface area contributed by atoms with Crippen molar-refractivity contribution in [2.75, 3.05) is 11.5 Å². The molecule has 0 aliphatic carbocycles. The van der Waals surface area contributed by atoms with Crippen LogP contribution in [-0.4, -0.2) is 23.4 Å². The smallest absolute Gasteiger partial charge is 0.300 e. The van der Waals surface area contributed by atoms with Crippen molar-refractivity contribution in [2.45, 2.75) is 45.1 Å². The van der Waals surface area contributed by atoms with Gasteiger partial charge in [-0.3, -0.25) is 14.5 Å². The van der Waals surface area contributed by atoms with Crippen molar-refractivity contribution in [2.24, 2.45) is 0 Å². The number of Topliss-reactive ketones (excluding diaryl/α,β-unsaturated/α-hetero) is 1. The van der Waals surface area contributed by atoms with Crippen molar-refractivity contribution in [1.29, 1.82) is 0 Å². The van der Waals surface area contributed by atoms with Gasteiger partial charge in [-0.15, -0.1) is 0 Å². The topological polar surface area (TPSA) is 66.8 Å². The Balaban J connectivity index is 1.56. The standard InChI is InChI=1S/C34H31NO4/c1-34(2,3)25-16-13-22(14-17-25)30-29(31(36)24-15-18-28-23(20-24)10-7-19-39-28)32(37)33(38)35(30)27-12-6-9-21-8-4-5-11-26(21)27/h4-6,8-9,11-18,20,30,36H,7,10,19H2,1-3H3/b31-29+. The number of aliphatic hydroxyl groups is 1. The van der Waals surface area contributed by atoms with Gasteiger partial charge >= 0.3 is 0 Å². The molecule has 1 N–H and O–H groups in total. The van der Waals surface area contributed by atoms with Crippen LogP contribution in [-0.2, 0) is 21.4 Å². The van der Waals surface area contributed by atoms with E-state index < -0.39 is 17.7 Å². The molecule has 5 nitrogen and oxygen atoms in total. The zero-order valence-electron chi connectivity index (χ0n) is 22.4. The first-order valence-corrected chi connectivity index (χ1v) is 13.4. The van der Waals surface area contributed by atoms with Gasteiger partial charge in [-0.1, -0.05) is 81.4 Å². The fourth-order valence-electron chi connectivity index (χ4n) is 5.64. The van der Waals surface area contributed by atoms with E-state index in [0.717, 1.165) is 46.1 Å². The fraction of sp³-hybridized carbons (Fsp3) is 0.235. The van der Waals surface area contributed by atoms with Gasteiger partial charge in [0.2, 0.25) is 0 Å². The molecule has 1 atom stereocenters. The number of fused-ring (bicyclic) bond motifs is 2. The van der Waals surface area contributed by atoms with Crippen LogP contribution in [0.25, 0.3) is 16.5 Å². The molecule has 4 aromatic rings. The number of anilines is 1. The van der Waals surface area contributed by atoms with Crippen molar-refractivity contribution in [3.05, 3.63) is 113 Å². The van der Waals surface area contributed by atoms with Gasteiger partial charge in [0.15, 0.2) is 0 Å². The second-order valence-corrected chi connectivity index (χ2v) is 11.3. The largest absolute Gasteiger partial charge is 0.507 e. The number of aliphatic hydroxyl groups excluding tert-OH is 1. The van der Waals surface area contributed by atoms with Crippen LogP contribution in [0, 0.1) is 0 Å². The molecule has 0 radical (unpaired) electrons. The maximum absolute atomic E-state index is 13.7. The number of aryl methyl sites for hydroxylation is 1. The lowest BCUT2D eigenvalue weighted by Gasteiger charge is -2.27. The van der Waals surface area contributed by atoms with E-state index >= 15 is 0 Å². The highest BCUT2D eigenvalue weighted by molar-refractivity contribution is 6.52. The first-order chi connectivity index (χ1) is 18.7. The molecule has 0 bridgehead atoms. The summed E-state index contributed by atoms with van der Waals surface area (Å²) in [5.41, 5.74) is 4.07. The highest BCUT2D eigenvalue weighted by Crippen LogP contribution is 2.45. The number of ketones is 1. The average Bonchev–Trinajstić information content (AvgIpc) is 3.21. The second-order valence-electron chi connectivity index (χ2n) is 11.3. The average molecular weight is 518 g/mol. The summed E-state index contributed by atoms with van der Waals surface area (Å²) in [5.74, 6) is -0.726. The number of carbonyl (C=O) groups is 2. The minimum atomic E-state index is -0.780. The summed E-state index contributed by atoms with van der Waals surface area (Å²) in [6.45, 7) is 7.09. The Morgan fingerprint density at radius 3 is 2.44 bits per heavy atom. The van der Waals surface area contributed by atoms with E-state index in [2.05, 4.69) is 20.8 Å². The zero-order valence-corrected chi connectivity index (χ0v) is 22.4. The molecule has 1 unspecified atom stereocenters. The van der Waals surface area contributed by atoms with Gasteiger partial charge < -0.3 is 9.84 Å². The summed E-state index contributed by atoms with van der Waals surface area (Å²) >= 11 is 0. The van der Waals surface area contributed by atoms with Crippen LogP contribution in [0.4, 0.5) is 5.69 Å². The Kier molecular flexibility index (Phi) is 6.02. The minimum absolute atomic E-state index is 0.0544. The van der Waals surface area contributed by atoms with Gasteiger partial charge in [0.1, 0.15) is 11.5 Å². The molecule has 1 fully saturated rings. The van der Waals surface area contributed by atoms with Crippen LogP contribution in [0.5, 0.6) is 5.75 Å². The molecule has 0 saturated carbocycles. The highest BCUT2D eigenvalue weighted by Gasteiger charge is 2.47. The first-order valence-electron chi connectivity index (χ1n) is 13.4. The molecule has 2 aliphatic rings. The molecular weight excluding hydrogens is 486 g/mol. The molecule has 4 aromatic carbocycles. The van der Waals surface area contributed by atoms with E-state index in [1.807, 2.05) is 78.9 Å². The molecule has 6 rings (SSSR count). The Bertz CT molecular complexity index is 1640. The van der Waals surface area contributed by atoms with Gasteiger partial charge in [-0.2, -0.15) is 0 Å². The van der Waals surface area contributed by atoms with Gasteiger partial charge in [-0.05, 0) is 64.6 Å². The van der Waals surface area contributed by atoms with Gasteiger partial charge in [0.25, 0.3) is 11.7 Å². The summed E-state index contributed by atoms with van der Waals surface area (Å²) < 4.78 is 5.74. The number of amides is 1. The number of carbonyl (C=O) groups excluding carboxylic acids is 2. The van der Waals surface area contributed by atoms with E-state index in [9.17, 15) is 14.7 Å². The lowest BCUT2D eigenvalue weighted by Crippen LogP contribution is -2.29. The van der Waals surface area contributed by atoms with Crippen LogP contribution in [0.15, 0.2) is 90.5 Å². The number of ether oxygens (including phenoxy) is 1. The number of rotatable bonds is 3. The molecule has 2 aliphatic heterocycles. The third-order valence-corrected chi connectivity index (χ3v) is 7.74. The van der Waals surface area contributed by atoms with Crippen molar-refractivity contribution in [3.63, 3.8) is 0 Å². The monoisotopic (exact) mass is 517 g/mol. The third-order valence-electron chi connectivity index (χ3n) is 7.74. The Labute approximate surface area is 228 Å². The Morgan fingerprint density at radius 1 is 0.923 bits per heavy atom. The second kappa shape index (κ2) is 9.42. The summed E-state index contributed by atoms with van der Waals surface area (Å²) in [5, 5.41) is 13.5. The van der Waals surface area contributed by atoms with Crippen LogP contribution in [0.3, 0.4) is 0 Å². The summed E-state index contributed by atoms with van der Waals surface area (Å²) in [6, 6.07) is 26.2. The molecule has 39 heavy (non-hydrogen) atoms. The molecule has 1 saturated heterocycles. The Hall–Kier alpha value is -4.38. The zero-order chi connectivity index (χ0) is 27.3. The summed E-state index contributed by atoms with van der Waals surface area (Å²) in [6.07, 6.45) is 1.72. The van der Waals surface area contributed by atoms with Gasteiger partial charge in [0.05, 0.1) is 23.9 Å². The number of hydrogen-bond acceptors (Lipinski definition) is 4. The Morgan fingerprint density at radius 2 is 1.67 bits per heavy atom. The van der Waals surface area contributed by atoms with Crippen molar-refractivity contribution in [3.8, 4) is 5.75 Å². The quantitative estimate of drug-likeness (QED) is 0.179. The molecule has 1 amide bonds. The normalized spacial score (nSPS) is 18.7. The fourth-order valence-corrected chi connectivity index (χ4v) is 5.64. The van der Waals surface area contributed by atoms with Crippen molar-refractivity contribution in [1.82, 2.24) is 0 Å². The van der Waals surface area contributed by atoms with Crippen molar-refractivity contribution >= 4 is 33.9 Å². The van der Waals surface area contributed by atoms with Crippen LogP contribution in [0.1, 0.15) is 55.5 Å². The molecule has 5 heteroatoms. The van der Waals surface area contributed by atoms with Crippen LogP contribution >= 0.6 is 0 Å². The minimum Gasteiger partial charge on any atom is -0.507 e. The van der Waals surface area contributed by atoms with E-state index in [1.165, 1.54) is 0 Å². The summed E-state index contributed by atoms with van der Waals surface area (Å²) in [4.78, 5) is 29.0. The SMILES string of the molecule is CC(C)(C)c1ccc(C2/C(=C(\O)c3ccc4c(c3)CCCO4)C(=O)C(=O)N2c2cccc3ccccc23)cc1. The van der Waals surface area contributed by atoms with Crippen LogP contribution in [0.2, 0.25) is 0 Å². The molecule has 2 heterocycles. The lowest BCUT2D eigenvalue weighted by atomic mass is 9.85. The lowest BCUT2D eigenvalue weighted by molar-refractivity contribution is -0.132. The number of nitrogens with zero attached hydrogens (tertiary/aromatic N) is 1. The predicted octanol–water partition coefficient (Wildman–Crippen LogP) is 7.09. The number of benzene rings is 4. The van der Waals surface area contributed by atoms with Crippen LogP contribution < -0.4 is 9.64 Å². The van der Waals surface area contributed by atoms with Crippen molar-refractivity contribution < 1.29 is 19.4 Å². The van der Waals surface area contributed by atoms with E-state index in [0.29, 0.717) is 17.9 Å². The van der Waals surface area contributed by atoms with E-state index in [4.69, 9.17) is 4.74 Å². The highest BCUT2D eigenvalue weighted by atomic mass is 16.5. The predicted molar refractivity (Wildman–Crippen MR) is 154 cm³/mol. The molecule has 0 spiro atoms. The molecule has 196 valence electrons. The maximum atomic E-state index is 13.7.